The van der Waals surface area contributed by atoms with Gasteiger partial charge in [-0.05, 0) is 48.9 Å². The molecule has 2 heterocycles. The first-order valence-corrected chi connectivity index (χ1v) is 14.1. The molecule has 2 saturated heterocycles. The maximum atomic E-state index is 12.8. The molecule has 4 rings (SSSR count). The molecule has 2 aliphatic rings. The van der Waals surface area contributed by atoms with Crippen molar-refractivity contribution in [1.29, 1.82) is 0 Å². The Kier molecular flexibility index (Phi) is 8.57. The topological polar surface area (TPSA) is 78.0 Å². The van der Waals surface area contributed by atoms with E-state index in [4.69, 9.17) is 0 Å². The van der Waals surface area contributed by atoms with Crippen molar-refractivity contribution in [2.45, 2.75) is 49.8 Å². The van der Waals surface area contributed by atoms with Crippen molar-refractivity contribution in [3.63, 3.8) is 0 Å². The number of hydrogen-bond acceptors (Lipinski definition) is 4. The number of carbonyl (C=O) groups is 2. The lowest BCUT2D eigenvalue weighted by Crippen LogP contribution is -2.51. The van der Waals surface area contributed by atoms with Crippen molar-refractivity contribution in [2.75, 3.05) is 39.3 Å². The van der Waals surface area contributed by atoms with Gasteiger partial charge in [-0.15, -0.1) is 0 Å². The number of piperazine rings is 1. The van der Waals surface area contributed by atoms with Gasteiger partial charge in [0, 0.05) is 45.7 Å². The van der Waals surface area contributed by atoms with E-state index >= 15 is 0 Å². The SMILES string of the molecule is O=C(CCCc1ccccc1)N1CCN(C(=O)Cc2ccc(S(=O)(=O)N3CCCCC3)cc2)CC1. The average Bonchev–Trinajstić information content (AvgIpc) is 2.90. The Labute approximate surface area is 208 Å². The second kappa shape index (κ2) is 11.8. The van der Waals surface area contributed by atoms with Crippen molar-refractivity contribution in [1.82, 2.24) is 14.1 Å². The number of aryl methyl sites for hydroxylation is 1. The minimum Gasteiger partial charge on any atom is -0.339 e. The molecular formula is C27H35N3O4S. The van der Waals surface area contributed by atoms with E-state index in [1.54, 1.807) is 33.5 Å². The van der Waals surface area contributed by atoms with Gasteiger partial charge in [0.2, 0.25) is 21.8 Å². The molecule has 0 spiro atoms. The summed E-state index contributed by atoms with van der Waals surface area (Å²) >= 11 is 0. The predicted octanol–water partition coefficient (Wildman–Crippen LogP) is 3.10. The fourth-order valence-electron chi connectivity index (χ4n) is 4.77. The Balaban J connectivity index is 1.22. The summed E-state index contributed by atoms with van der Waals surface area (Å²) in [6.45, 7) is 3.33. The number of sulfonamides is 1. The molecule has 0 radical (unpaired) electrons. The minimum atomic E-state index is -3.46. The van der Waals surface area contributed by atoms with Gasteiger partial charge >= 0.3 is 0 Å². The summed E-state index contributed by atoms with van der Waals surface area (Å²) in [6.07, 6.45) is 5.35. The van der Waals surface area contributed by atoms with Gasteiger partial charge in [-0.25, -0.2) is 8.42 Å². The van der Waals surface area contributed by atoms with E-state index in [0.717, 1.165) is 37.7 Å². The summed E-state index contributed by atoms with van der Waals surface area (Å²) in [6, 6.07) is 16.9. The third-order valence-corrected chi connectivity index (χ3v) is 8.83. The Bertz CT molecular complexity index is 1090. The maximum absolute atomic E-state index is 12.8. The van der Waals surface area contributed by atoms with Crippen LogP contribution in [-0.2, 0) is 32.5 Å². The van der Waals surface area contributed by atoms with Crippen molar-refractivity contribution >= 4 is 21.8 Å². The number of piperidine rings is 1. The third-order valence-electron chi connectivity index (χ3n) is 6.92. The van der Waals surface area contributed by atoms with Crippen LogP contribution in [0.25, 0.3) is 0 Å². The number of benzene rings is 2. The van der Waals surface area contributed by atoms with Gasteiger partial charge in [0.05, 0.1) is 11.3 Å². The fraction of sp³-hybridized carbons (Fsp3) is 0.481. The molecule has 8 heteroatoms. The zero-order valence-corrected chi connectivity index (χ0v) is 21.1. The average molecular weight is 498 g/mol. The second-order valence-corrected chi connectivity index (χ2v) is 11.3. The molecule has 2 aromatic rings. The Morgan fingerprint density at radius 3 is 1.91 bits per heavy atom. The normalized spacial score (nSPS) is 17.4. The van der Waals surface area contributed by atoms with Crippen molar-refractivity contribution in [3.05, 3.63) is 65.7 Å². The van der Waals surface area contributed by atoms with E-state index in [9.17, 15) is 18.0 Å². The summed E-state index contributed by atoms with van der Waals surface area (Å²) < 4.78 is 27.2. The van der Waals surface area contributed by atoms with Crippen molar-refractivity contribution in [2.24, 2.45) is 0 Å². The monoisotopic (exact) mass is 497 g/mol. The van der Waals surface area contributed by atoms with Crippen molar-refractivity contribution < 1.29 is 18.0 Å². The molecule has 0 aromatic heterocycles. The molecule has 35 heavy (non-hydrogen) atoms. The van der Waals surface area contributed by atoms with Crippen LogP contribution in [0.15, 0.2) is 59.5 Å². The molecule has 0 unspecified atom stereocenters. The lowest BCUT2D eigenvalue weighted by Gasteiger charge is -2.35. The van der Waals surface area contributed by atoms with Crippen LogP contribution >= 0.6 is 0 Å². The Morgan fingerprint density at radius 1 is 0.686 bits per heavy atom. The Morgan fingerprint density at radius 2 is 1.29 bits per heavy atom. The highest BCUT2D eigenvalue weighted by molar-refractivity contribution is 7.89. The molecule has 2 amide bonds. The minimum absolute atomic E-state index is 0.00724. The predicted molar refractivity (Wildman–Crippen MR) is 135 cm³/mol. The van der Waals surface area contributed by atoms with E-state index in [-0.39, 0.29) is 23.1 Å². The Hall–Kier alpha value is -2.71. The first-order chi connectivity index (χ1) is 16.9. The summed E-state index contributed by atoms with van der Waals surface area (Å²) in [7, 11) is -3.46. The van der Waals surface area contributed by atoms with Crippen LogP contribution in [-0.4, -0.2) is 73.6 Å². The van der Waals surface area contributed by atoms with E-state index in [1.807, 2.05) is 23.1 Å². The molecule has 2 aliphatic heterocycles. The molecule has 7 nitrogen and oxygen atoms in total. The van der Waals surface area contributed by atoms with E-state index in [1.165, 1.54) is 5.56 Å². The second-order valence-electron chi connectivity index (χ2n) is 9.39. The molecule has 0 aliphatic carbocycles. The molecule has 188 valence electrons. The summed E-state index contributed by atoms with van der Waals surface area (Å²) in [5.74, 6) is 0.159. The van der Waals surface area contributed by atoms with Gasteiger partial charge in [-0.3, -0.25) is 9.59 Å². The molecule has 0 N–H and O–H groups in total. The van der Waals surface area contributed by atoms with Gasteiger partial charge in [0.15, 0.2) is 0 Å². The summed E-state index contributed by atoms with van der Waals surface area (Å²) in [5.41, 5.74) is 2.04. The molecular weight excluding hydrogens is 462 g/mol. The van der Waals surface area contributed by atoms with Crippen LogP contribution < -0.4 is 0 Å². The molecule has 2 fully saturated rings. The molecule has 0 saturated carbocycles. The summed E-state index contributed by atoms with van der Waals surface area (Å²) in [4.78, 5) is 29.3. The van der Waals surface area contributed by atoms with Gasteiger partial charge in [0.1, 0.15) is 0 Å². The fourth-order valence-corrected chi connectivity index (χ4v) is 6.29. The standard InChI is InChI=1S/C27H35N3O4S/c31-26(11-7-10-23-8-3-1-4-9-23)28-18-20-29(21-19-28)27(32)22-24-12-14-25(15-13-24)35(33,34)30-16-5-2-6-17-30/h1,3-4,8-9,12-15H,2,5-7,10-11,16-22H2. The highest BCUT2D eigenvalue weighted by Gasteiger charge is 2.27. The maximum Gasteiger partial charge on any atom is 0.243 e. The smallest absolute Gasteiger partial charge is 0.243 e. The van der Waals surface area contributed by atoms with Gasteiger partial charge in [-0.2, -0.15) is 4.31 Å². The number of carbonyl (C=O) groups excluding carboxylic acids is 2. The highest BCUT2D eigenvalue weighted by atomic mass is 32.2. The highest BCUT2D eigenvalue weighted by Crippen LogP contribution is 2.21. The third kappa shape index (κ3) is 6.70. The van der Waals surface area contributed by atoms with Crippen LogP contribution in [0.4, 0.5) is 0 Å². The van der Waals surface area contributed by atoms with E-state index in [0.29, 0.717) is 45.7 Å². The largest absolute Gasteiger partial charge is 0.339 e. The number of nitrogens with zero attached hydrogens (tertiary/aromatic N) is 3. The molecule has 0 bridgehead atoms. The van der Waals surface area contributed by atoms with Crippen LogP contribution in [0, 0.1) is 0 Å². The van der Waals surface area contributed by atoms with Crippen LogP contribution in [0.1, 0.15) is 43.2 Å². The van der Waals surface area contributed by atoms with Gasteiger partial charge < -0.3 is 9.80 Å². The van der Waals surface area contributed by atoms with Gasteiger partial charge in [-0.1, -0.05) is 48.9 Å². The first kappa shape index (κ1) is 25.4. The lowest BCUT2D eigenvalue weighted by atomic mass is 10.1. The number of amides is 2. The molecule has 2 aromatic carbocycles. The molecule has 0 atom stereocenters. The van der Waals surface area contributed by atoms with Crippen LogP contribution in [0.5, 0.6) is 0 Å². The zero-order chi connectivity index (χ0) is 24.7. The van der Waals surface area contributed by atoms with E-state index < -0.39 is 10.0 Å². The first-order valence-electron chi connectivity index (χ1n) is 12.6. The van der Waals surface area contributed by atoms with E-state index in [2.05, 4.69) is 12.1 Å². The lowest BCUT2D eigenvalue weighted by molar-refractivity contribution is -0.139. The number of hydrogen-bond donors (Lipinski definition) is 0. The summed E-state index contributed by atoms with van der Waals surface area (Å²) in [5, 5.41) is 0. The van der Waals surface area contributed by atoms with Crippen LogP contribution in [0.2, 0.25) is 0 Å². The van der Waals surface area contributed by atoms with Crippen LogP contribution in [0.3, 0.4) is 0 Å². The van der Waals surface area contributed by atoms with Crippen molar-refractivity contribution in [3.8, 4) is 0 Å². The zero-order valence-electron chi connectivity index (χ0n) is 20.3. The quantitative estimate of drug-likeness (QED) is 0.562. The van der Waals surface area contributed by atoms with Gasteiger partial charge in [0.25, 0.3) is 0 Å². The number of rotatable bonds is 8.